The van der Waals surface area contributed by atoms with Gasteiger partial charge in [-0.1, -0.05) is 45.8 Å². The summed E-state index contributed by atoms with van der Waals surface area (Å²) in [7, 11) is 0. The maximum absolute atomic E-state index is 11.8. The first-order valence-electron chi connectivity index (χ1n) is 14.7. The van der Waals surface area contributed by atoms with Gasteiger partial charge in [-0.2, -0.15) is 0 Å². The Morgan fingerprint density at radius 1 is 1.16 bits per heavy atom. The van der Waals surface area contributed by atoms with Crippen LogP contribution < -0.4 is 9.64 Å². The molecule has 0 amide bonds. The first-order chi connectivity index (χ1) is 20.9. The van der Waals surface area contributed by atoms with Crippen molar-refractivity contribution in [1.82, 2.24) is 10.1 Å². The molecule has 4 aromatic rings. The third-order valence-electron chi connectivity index (χ3n) is 9.01. The Bertz CT molecular complexity index is 1690. The monoisotopic (exact) mass is 641 g/mol. The van der Waals surface area contributed by atoms with Crippen molar-refractivity contribution in [2.45, 2.75) is 62.9 Å². The Morgan fingerprint density at radius 2 is 2.00 bits per heavy atom. The summed E-state index contributed by atoms with van der Waals surface area (Å²) in [5.74, 6) is 1.13. The molecule has 2 saturated carbocycles. The minimum Gasteiger partial charge on any atom is -0.486 e. The Hall–Kier alpha value is -2.89. The number of nitrogens with zero attached hydrogens (tertiary/aromatic N) is 3. The second-order valence-corrected chi connectivity index (χ2v) is 13.7. The van der Waals surface area contributed by atoms with Gasteiger partial charge in [0.25, 0.3) is 0 Å². The van der Waals surface area contributed by atoms with Crippen molar-refractivity contribution < 1.29 is 28.6 Å². The van der Waals surface area contributed by atoms with E-state index >= 15 is 0 Å². The van der Waals surface area contributed by atoms with E-state index in [4.69, 9.17) is 46.9 Å². The molecule has 4 fully saturated rings. The molecule has 2 bridgehead atoms. The van der Waals surface area contributed by atoms with Gasteiger partial charge in [-0.25, -0.2) is 9.78 Å². The van der Waals surface area contributed by atoms with Crippen molar-refractivity contribution in [3.05, 3.63) is 57.3 Å². The molecule has 0 spiro atoms. The van der Waals surface area contributed by atoms with Crippen LogP contribution in [-0.4, -0.2) is 59.2 Å². The normalized spacial score (nSPS) is 24.8. The fraction of sp³-hybridized carbons (Fsp3) is 0.452. The van der Waals surface area contributed by atoms with Crippen LogP contribution in [0.4, 0.5) is 5.13 Å². The summed E-state index contributed by atoms with van der Waals surface area (Å²) in [5, 5.41) is 16.1. The van der Waals surface area contributed by atoms with Crippen LogP contribution in [0.15, 0.2) is 34.9 Å². The molecule has 8 rings (SSSR count). The van der Waals surface area contributed by atoms with Crippen molar-refractivity contribution in [3.8, 4) is 17.0 Å². The molecule has 2 aliphatic carbocycles. The highest BCUT2D eigenvalue weighted by Gasteiger charge is 2.47. The molecule has 2 aliphatic heterocycles. The summed E-state index contributed by atoms with van der Waals surface area (Å²) < 4.78 is 24.9. The van der Waals surface area contributed by atoms with Gasteiger partial charge in [-0.3, -0.25) is 0 Å². The van der Waals surface area contributed by atoms with E-state index in [1.54, 1.807) is 12.1 Å². The number of piperidine rings is 1. The summed E-state index contributed by atoms with van der Waals surface area (Å²) >= 11 is 14.6. The van der Waals surface area contributed by atoms with E-state index in [0.29, 0.717) is 70.3 Å². The van der Waals surface area contributed by atoms with Crippen LogP contribution in [0.2, 0.25) is 10.0 Å². The molecule has 12 heteroatoms. The molecule has 0 radical (unpaired) electrons. The summed E-state index contributed by atoms with van der Waals surface area (Å²) in [5.41, 5.74) is 3.20. The van der Waals surface area contributed by atoms with Gasteiger partial charge in [0.15, 0.2) is 5.13 Å². The second-order valence-electron chi connectivity index (χ2n) is 11.9. The molecule has 4 atom stereocenters. The molecular weight excluding hydrogens is 613 g/mol. The number of ether oxygens (including phenoxy) is 3. The predicted molar refractivity (Wildman–Crippen MR) is 163 cm³/mol. The summed E-state index contributed by atoms with van der Waals surface area (Å²) in [6, 6.07) is 9.01. The standard InChI is InChI=1S/C31H29Cl2N3O6S/c32-21-2-1-3-22(33)26(21)27-20(29(42-35-27)15-4-5-15)14-40-23-11-18-8-17(23)12-36(18)31-34-28-24(41-19-6-7-39-13-19)9-16(30(37)38)10-25(28)43-31/h1-3,9-10,15,17-19,23H,4-8,11-14H2,(H,37,38)/t17-,18-,19+,23+/m0/s1. The lowest BCUT2D eigenvalue weighted by atomic mass is 10.0. The van der Waals surface area contributed by atoms with Crippen LogP contribution >= 0.6 is 34.5 Å². The number of benzene rings is 2. The molecule has 224 valence electrons. The van der Waals surface area contributed by atoms with Crippen LogP contribution in [0.1, 0.15) is 59.7 Å². The smallest absolute Gasteiger partial charge is 0.335 e. The Kier molecular flexibility index (Phi) is 7.02. The maximum atomic E-state index is 11.8. The van der Waals surface area contributed by atoms with Gasteiger partial charge in [-0.05, 0) is 49.9 Å². The molecule has 4 aliphatic rings. The molecule has 43 heavy (non-hydrogen) atoms. The first kappa shape index (κ1) is 27.6. The number of thiazole rings is 1. The van der Waals surface area contributed by atoms with Crippen molar-refractivity contribution in [1.29, 1.82) is 0 Å². The fourth-order valence-corrected chi connectivity index (χ4v) is 8.37. The van der Waals surface area contributed by atoms with Crippen molar-refractivity contribution in [2.75, 3.05) is 24.7 Å². The number of halogens is 2. The molecule has 1 N–H and O–H groups in total. The van der Waals surface area contributed by atoms with E-state index < -0.39 is 5.97 Å². The van der Waals surface area contributed by atoms with Gasteiger partial charge in [-0.15, -0.1) is 0 Å². The average Bonchev–Trinajstić information content (AvgIpc) is 3.48. The number of hydrogen-bond donors (Lipinski definition) is 1. The predicted octanol–water partition coefficient (Wildman–Crippen LogP) is 7.19. The van der Waals surface area contributed by atoms with Gasteiger partial charge in [0.1, 0.15) is 28.8 Å². The Labute approximate surface area is 261 Å². The van der Waals surface area contributed by atoms with Crippen molar-refractivity contribution in [2.24, 2.45) is 5.92 Å². The van der Waals surface area contributed by atoms with E-state index in [0.717, 1.165) is 59.8 Å². The van der Waals surface area contributed by atoms with E-state index in [-0.39, 0.29) is 17.8 Å². The second kappa shape index (κ2) is 10.9. The first-order valence-corrected chi connectivity index (χ1v) is 16.2. The van der Waals surface area contributed by atoms with Crippen molar-refractivity contribution in [3.63, 3.8) is 0 Å². The lowest BCUT2D eigenvalue weighted by Gasteiger charge is -2.31. The number of hydrogen-bond acceptors (Lipinski definition) is 9. The lowest BCUT2D eigenvalue weighted by molar-refractivity contribution is 0.0122. The number of carboxylic acid groups (broad SMARTS) is 1. The minimum atomic E-state index is -0.984. The number of carbonyl (C=O) groups is 1. The third-order valence-corrected chi connectivity index (χ3v) is 10.7. The largest absolute Gasteiger partial charge is 0.486 e. The highest BCUT2D eigenvalue weighted by Crippen LogP contribution is 2.48. The van der Waals surface area contributed by atoms with Crippen LogP contribution in [0.3, 0.4) is 0 Å². The van der Waals surface area contributed by atoms with Crippen LogP contribution in [0.25, 0.3) is 21.5 Å². The minimum absolute atomic E-state index is 0.0987. The number of aromatic carboxylic acids is 1. The number of rotatable bonds is 9. The van der Waals surface area contributed by atoms with E-state index in [2.05, 4.69) is 10.1 Å². The van der Waals surface area contributed by atoms with Crippen LogP contribution in [0, 0.1) is 5.92 Å². The summed E-state index contributed by atoms with van der Waals surface area (Å²) in [4.78, 5) is 19.2. The van der Waals surface area contributed by atoms with Gasteiger partial charge >= 0.3 is 5.97 Å². The molecule has 2 saturated heterocycles. The number of carboxylic acids is 1. The zero-order valence-electron chi connectivity index (χ0n) is 23.1. The van der Waals surface area contributed by atoms with Crippen LogP contribution in [0.5, 0.6) is 5.75 Å². The van der Waals surface area contributed by atoms with Gasteiger partial charge in [0, 0.05) is 42.0 Å². The molecular formula is C31H29Cl2N3O6S. The summed E-state index contributed by atoms with van der Waals surface area (Å²) in [6.07, 6.45) is 4.85. The van der Waals surface area contributed by atoms with E-state index in [1.165, 1.54) is 11.3 Å². The molecule has 4 heterocycles. The van der Waals surface area contributed by atoms with Crippen molar-refractivity contribution >= 4 is 55.9 Å². The SMILES string of the molecule is O=C(O)c1cc(O[C@@H]2CCOC2)c2nc(N3C[C@@H]4C[C@H]3C[C@H]4OCc3c(-c4c(Cl)cccc4Cl)noc3C3CC3)sc2c1. The molecule has 2 aromatic carbocycles. The highest BCUT2D eigenvalue weighted by molar-refractivity contribution is 7.22. The van der Waals surface area contributed by atoms with Gasteiger partial charge in [0.2, 0.25) is 0 Å². The fourth-order valence-electron chi connectivity index (χ4n) is 6.69. The molecule has 9 nitrogen and oxygen atoms in total. The zero-order valence-corrected chi connectivity index (χ0v) is 25.5. The molecule has 0 unspecified atom stereocenters. The third kappa shape index (κ3) is 5.07. The Balaban J connectivity index is 1.00. The topological polar surface area (TPSA) is 107 Å². The Morgan fingerprint density at radius 3 is 2.70 bits per heavy atom. The zero-order chi connectivity index (χ0) is 29.2. The van der Waals surface area contributed by atoms with Crippen LogP contribution in [-0.2, 0) is 16.1 Å². The quantitative estimate of drug-likeness (QED) is 0.203. The van der Waals surface area contributed by atoms with E-state index in [1.807, 2.05) is 18.2 Å². The number of aromatic nitrogens is 2. The van der Waals surface area contributed by atoms with Gasteiger partial charge in [0.05, 0.1) is 46.2 Å². The van der Waals surface area contributed by atoms with E-state index in [9.17, 15) is 9.90 Å². The lowest BCUT2D eigenvalue weighted by Crippen LogP contribution is -2.38. The number of fused-ring (bicyclic) bond motifs is 3. The highest BCUT2D eigenvalue weighted by atomic mass is 35.5. The molecule has 2 aromatic heterocycles. The van der Waals surface area contributed by atoms with Gasteiger partial charge < -0.3 is 28.7 Å². The number of anilines is 1. The average molecular weight is 643 g/mol. The summed E-state index contributed by atoms with van der Waals surface area (Å²) in [6.45, 7) is 2.36. The maximum Gasteiger partial charge on any atom is 0.335 e.